The molecule has 5 fully saturated rings. The van der Waals surface area contributed by atoms with Crippen LogP contribution in [0.25, 0.3) is 0 Å². The quantitative estimate of drug-likeness (QED) is 0.0364. The van der Waals surface area contributed by atoms with Gasteiger partial charge in [-0.05, 0) is 90.4 Å². The first-order valence-electron chi connectivity index (χ1n) is 22.1. The third-order valence-corrected chi connectivity index (χ3v) is 13.5. The van der Waals surface area contributed by atoms with Crippen LogP contribution in [0, 0.1) is 5.92 Å². The minimum Gasteiger partial charge on any atom is -0.459 e. The Morgan fingerprint density at radius 1 is 0.984 bits per heavy atom. The fourth-order valence-corrected chi connectivity index (χ4v) is 9.50. The largest absolute Gasteiger partial charge is 0.459 e. The summed E-state index contributed by atoms with van der Waals surface area (Å²) in [5.74, 6) is -0.788. The summed E-state index contributed by atoms with van der Waals surface area (Å²) in [6.07, 6.45) is 15.9. The highest BCUT2D eigenvalue weighted by Gasteiger charge is 2.58. The lowest BCUT2D eigenvalue weighted by atomic mass is 9.87. The number of hydrogen-bond donors (Lipinski definition) is 4. The number of nitrogens with one attached hydrogen (secondary N) is 3. The number of hydrogen-bond acceptors (Lipinski definition) is 12. The molecule has 4 aliphatic heterocycles. The number of nitrogens with zero attached hydrogens (tertiary/aromatic N) is 1. The molecule has 61 heavy (non-hydrogen) atoms. The Balaban J connectivity index is 0.983. The number of epoxide rings is 1. The average Bonchev–Trinajstić information content (AvgIpc) is 3.92. The molecule has 0 aromatic rings. The summed E-state index contributed by atoms with van der Waals surface area (Å²) in [5, 5.41) is 20.2. The third-order valence-electron chi connectivity index (χ3n) is 12.6. The molecule has 16 heteroatoms. The number of thioether (sulfide) groups is 1. The lowest BCUT2D eigenvalue weighted by Crippen LogP contribution is -2.51. The second-order valence-electron chi connectivity index (χ2n) is 17.7. The van der Waals surface area contributed by atoms with Gasteiger partial charge in [0.25, 0.3) is 0 Å². The SMILES string of the molecule is CSC1CC(=O)N(CCCCCC(=O)NC2CCC(NC(=O)C[C@@H]3C[C@@]4(CO4)[C@H](O)[C@@H](/C=C/C(C)=C/C[C@@H]4O[C@H](C)[C@H](NC(=O)/C=C\[C@H](C)OC(C)=O)C[C@@H]4C)O3)CC2)C1=O. The van der Waals surface area contributed by atoms with Crippen molar-refractivity contribution in [3.05, 3.63) is 36.0 Å². The number of carbonyl (C=O) groups is 6. The van der Waals surface area contributed by atoms with E-state index in [9.17, 15) is 33.9 Å². The zero-order valence-electron chi connectivity index (χ0n) is 36.7. The number of rotatable bonds is 19. The number of carbonyl (C=O) groups excluding carboxylic acids is 6. The lowest BCUT2D eigenvalue weighted by molar-refractivity contribution is -0.146. The Hall–Kier alpha value is -3.57. The van der Waals surface area contributed by atoms with Crippen molar-refractivity contribution in [3.8, 4) is 0 Å². The molecule has 0 radical (unpaired) electrons. The van der Waals surface area contributed by atoms with Gasteiger partial charge in [0, 0.05) is 50.9 Å². The van der Waals surface area contributed by atoms with E-state index in [2.05, 4.69) is 29.0 Å². The number of aliphatic hydroxyl groups is 1. The predicted octanol–water partition coefficient (Wildman–Crippen LogP) is 3.96. The molecule has 4 N–H and O–H groups in total. The molecule has 4 heterocycles. The summed E-state index contributed by atoms with van der Waals surface area (Å²) in [5.41, 5.74) is 0.272. The summed E-state index contributed by atoms with van der Waals surface area (Å²) >= 11 is 1.41. The molecular weight excluding hydrogens is 805 g/mol. The van der Waals surface area contributed by atoms with Gasteiger partial charge in [-0.2, -0.15) is 11.8 Å². The van der Waals surface area contributed by atoms with E-state index in [0.717, 1.165) is 44.1 Å². The minimum absolute atomic E-state index is 0.00488. The Kier molecular flexibility index (Phi) is 18.0. The summed E-state index contributed by atoms with van der Waals surface area (Å²) < 4.78 is 23.4. The van der Waals surface area contributed by atoms with Crippen molar-refractivity contribution < 1.29 is 52.8 Å². The molecule has 340 valence electrons. The maximum Gasteiger partial charge on any atom is 0.303 e. The smallest absolute Gasteiger partial charge is 0.303 e. The van der Waals surface area contributed by atoms with Gasteiger partial charge in [0.05, 0.1) is 42.6 Å². The maximum absolute atomic E-state index is 13.2. The monoisotopic (exact) mass is 872 g/mol. The Morgan fingerprint density at radius 2 is 1.67 bits per heavy atom. The van der Waals surface area contributed by atoms with Crippen molar-refractivity contribution in [2.75, 3.05) is 19.4 Å². The molecule has 10 atom stereocenters. The van der Waals surface area contributed by atoms with E-state index in [0.29, 0.717) is 45.3 Å². The highest BCUT2D eigenvalue weighted by Crippen LogP contribution is 2.43. The van der Waals surface area contributed by atoms with E-state index >= 15 is 0 Å². The van der Waals surface area contributed by atoms with Crippen LogP contribution in [0.4, 0.5) is 0 Å². The van der Waals surface area contributed by atoms with E-state index in [1.807, 2.05) is 32.3 Å². The summed E-state index contributed by atoms with van der Waals surface area (Å²) in [6, 6.07) is -0.0701. The molecule has 4 saturated heterocycles. The number of likely N-dealkylation sites (tertiary alicyclic amines) is 1. The number of aliphatic hydroxyl groups excluding tert-OH is 1. The number of imide groups is 1. The maximum atomic E-state index is 13.2. The fraction of sp³-hybridized carbons (Fsp3) is 0.733. The lowest BCUT2D eigenvalue weighted by Gasteiger charge is -2.39. The molecule has 0 aromatic carbocycles. The molecule has 1 unspecified atom stereocenters. The molecule has 5 aliphatic rings. The summed E-state index contributed by atoms with van der Waals surface area (Å²) in [6.45, 7) is 9.89. The number of ether oxygens (including phenoxy) is 4. The van der Waals surface area contributed by atoms with E-state index in [-0.39, 0.29) is 83.9 Å². The van der Waals surface area contributed by atoms with Crippen LogP contribution in [0.3, 0.4) is 0 Å². The highest BCUT2D eigenvalue weighted by atomic mass is 32.2. The molecule has 1 spiro atoms. The summed E-state index contributed by atoms with van der Waals surface area (Å²) in [4.78, 5) is 75.2. The van der Waals surface area contributed by atoms with Crippen LogP contribution in [0.2, 0.25) is 0 Å². The molecule has 15 nitrogen and oxygen atoms in total. The second-order valence-corrected chi connectivity index (χ2v) is 18.7. The van der Waals surface area contributed by atoms with E-state index in [1.54, 1.807) is 13.0 Å². The van der Waals surface area contributed by atoms with Gasteiger partial charge in [0.15, 0.2) is 0 Å². The van der Waals surface area contributed by atoms with Crippen molar-refractivity contribution in [1.29, 1.82) is 0 Å². The first kappa shape index (κ1) is 48.5. The van der Waals surface area contributed by atoms with Gasteiger partial charge in [0.1, 0.15) is 23.9 Å². The molecule has 1 saturated carbocycles. The van der Waals surface area contributed by atoms with Crippen LogP contribution in [0.5, 0.6) is 0 Å². The van der Waals surface area contributed by atoms with Gasteiger partial charge in [-0.3, -0.25) is 33.7 Å². The van der Waals surface area contributed by atoms with Crippen LogP contribution in [0.15, 0.2) is 36.0 Å². The normalized spacial score (nSPS) is 33.6. The van der Waals surface area contributed by atoms with E-state index < -0.39 is 36.0 Å². The molecule has 5 amide bonds. The number of unbranched alkanes of at least 4 members (excludes halogenated alkanes) is 2. The zero-order valence-corrected chi connectivity index (χ0v) is 37.5. The first-order chi connectivity index (χ1) is 29.0. The van der Waals surface area contributed by atoms with Gasteiger partial charge < -0.3 is 40.0 Å². The van der Waals surface area contributed by atoms with Crippen LogP contribution >= 0.6 is 11.8 Å². The average molecular weight is 873 g/mol. The van der Waals surface area contributed by atoms with Crippen molar-refractivity contribution in [3.63, 3.8) is 0 Å². The zero-order chi connectivity index (χ0) is 44.3. The van der Waals surface area contributed by atoms with Crippen molar-refractivity contribution >= 4 is 47.3 Å². The number of esters is 1. The standard InChI is InChI=1S/C45H68N4O11S/c1-27(11-18-36-28(2)22-35(30(4)59-36)48-40(52)20-13-29(3)58-31(5)50)12-19-37-43(55)45(26-57-45)25-34(60-37)23-41(53)47-33-16-14-32(15-17-33)46-39(51)10-8-7-9-21-49-42(54)24-38(61-6)44(49)56/h11-13,19-20,28-30,32-38,43,55H,7-10,14-18,21-26H2,1-6H3,(H,46,51)(H,47,53)(H,48,52)/b19-12+,20-13-,27-11+/t28-,29-,30+,32?,33?,34+,35+,36-,37+,38?,43+,45+/m0/s1. The highest BCUT2D eigenvalue weighted by molar-refractivity contribution is 8.00. The Morgan fingerprint density at radius 3 is 2.31 bits per heavy atom. The molecule has 0 aromatic heterocycles. The van der Waals surface area contributed by atoms with Gasteiger partial charge in [-0.25, -0.2) is 0 Å². The first-order valence-corrected chi connectivity index (χ1v) is 23.4. The van der Waals surface area contributed by atoms with E-state index in [4.69, 9.17) is 18.9 Å². The predicted molar refractivity (Wildman–Crippen MR) is 230 cm³/mol. The molecule has 0 bridgehead atoms. The van der Waals surface area contributed by atoms with Gasteiger partial charge in [-0.1, -0.05) is 37.1 Å². The Labute approximate surface area is 364 Å². The van der Waals surface area contributed by atoms with Crippen molar-refractivity contribution in [2.45, 2.75) is 184 Å². The van der Waals surface area contributed by atoms with Crippen molar-refractivity contribution in [1.82, 2.24) is 20.9 Å². The van der Waals surface area contributed by atoms with Gasteiger partial charge >= 0.3 is 5.97 Å². The van der Waals surface area contributed by atoms with Crippen LogP contribution < -0.4 is 16.0 Å². The van der Waals surface area contributed by atoms with Crippen LogP contribution in [0.1, 0.15) is 118 Å². The fourth-order valence-electron chi connectivity index (χ4n) is 8.87. The third kappa shape index (κ3) is 14.5. The molecule has 1 aliphatic carbocycles. The van der Waals surface area contributed by atoms with Crippen LogP contribution in [-0.2, 0) is 47.7 Å². The second kappa shape index (κ2) is 22.7. The van der Waals surface area contributed by atoms with Gasteiger partial charge in [-0.15, -0.1) is 0 Å². The molecular formula is C45H68N4O11S. The minimum atomic E-state index is -0.852. The molecule has 5 rings (SSSR count). The number of amides is 5. The number of allylic oxidation sites excluding steroid dienone is 2. The van der Waals surface area contributed by atoms with Gasteiger partial charge in [0.2, 0.25) is 29.5 Å². The van der Waals surface area contributed by atoms with Crippen LogP contribution in [-0.4, -0.2) is 131 Å². The summed E-state index contributed by atoms with van der Waals surface area (Å²) in [7, 11) is 0. The Bertz CT molecular complexity index is 1660. The van der Waals surface area contributed by atoms with E-state index in [1.165, 1.54) is 29.7 Å². The van der Waals surface area contributed by atoms with Crippen molar-refractivity contribution in [2.24, 2.45) is 5.92 Å². The topological polar surface area (TPSA) is 202 Å².